The van der Waals surface area contributed by atoms with Gasteiger partial charge in [-0.25, -0.2) is 9.97 Å². The van der Waals surface area contributed by atoms with Crippen molar-refractivity contribution < 1.29 is 9.53 Å². The first-order valence-electron chi connectivity index (χ1n) is 13.1. The number of hydrogen-bond acceptors (Lipinski definition) is 7. The van der Waals surface area contributed by atoms with Crippen molar-refractivity contribution in [2.24, 2.45) is 0 Å². The maximum absolute atomic E-state index is 12.8. The van der Waals surface area contributed by atoms with E-state index in [9.17, 15) is 4.79 Å². The molecule has 1 N–H and O–H groups in total. The molecule has 1 saturated heterocycles. The Hall–Kier alpha value is -4.01. The molecule has 0 radical (unpaired) electrons. The zero-order valence-corrected chi connectivity index (χ0v) is 22.4. The van der Waals surface area contributed by atoms with Crippen LogP contribution in [0.5, 0.6) is 5.75 Å². The SMILES string of the molecule is CN1CCC[C@@H]1/C=C/C(=O)Nc1ccc2ncnc3c2c1CCN3c1ccc(OCc2ccccn2)c(Cl)c1. The van der Waals surface area contributed by atoms with Crippen LogP contribution in [-0.2, 0) is 17.8 Å². The number of hydrogen-bond donors (Lipinski definition) is 1. The van der Waals surface area contributed by atoms with Gasteiger partial charge in [-0.15, -0.1) is 0 Å². The number of carbonyl (C=O) groups excluding carboxylic acids is 1. The molecule has 2 aliphatic heterocycles. The summed E-state index contributed by atoms with van der Waals surface area (Å²) in [5.41, 5.74) is 4.42. The predicted molar refractivity (Wildman–Crippen MR) is 154 cm³/mol. The number of nitrogens with one attached hydrogen (secondary N) is 1. The van der Waals surface area contributed by atoms with E-state index in [2.05, 4.69) is 37.1 Å². The Kier molecular flexibility index (Phi) is 7.13. The lowest BCUT2D eigenvalue weighted by Crippen LogP contribution is -2.26. The van der Waals surface area contributed by atoms with Crippen LogP contribution >= 0.6 is 11.6 Å². The summed E-state index contributed by atoms with van der Waals surface area (Å²) >= 11 is 6.62. The van der Waals surface area contributed by atoms with Crippen LogP contribution in [0.15, 0.2) is 73.2 Å². The third kappa shape index (κ3) is 5.30. The average Bonchev–Trinajstić information content (AvgIpc) is 3.38. The van der Waals surface area contributed by atoms with Crippen LogP contribution in [0.25, 0.3) is 10.9 Å². The number of likely N-dealkylation sites (tertiary alicyclic amines) is 1. The second kappa shape index (κ2) is 11.0. The predicted octanol–water partition coefficient (Wildman–Crippen LogP) is 5.54. The van der Waals surface area contributed by atoms with Crippen LogP contribution in [0.1, 0.15) is 24.1 Å². The summed E-state index contributed by atoms with van der Waals surface area (Å²) in [6.07, 6.45) is 9.93. The average molecular weight is 541 g/mol. The number of aromatic nitrogens is 3. The normalized spacial score (nSPS) is 17.2. The lowest BCUT2D eigenvalue weighted by molar-refractivity contribution is -0.111. The molecule has 198 valence electrons. The van der Waals surface area contributed by atoms with Gasteiger partial charge in [0.15, 0.2) is 0 Å². The molecule has 9 heteroatoms. The number of ether oxygens (including phenoxy) is 1. The van der Waals surface area contributed by atoms with Crippen molar-refractivity contribution in [3.63, 3.8) is 0 Å². The van der Waals surface area contributed by atoms with Gasteiger partial charge < -0.3 is 15.0 Å². The fourth-order valence-corrected chi connectivity index (χ4v) is 5.56. The van der Waals surface area contributed by atoms with Crippen LogP contribution in [-0.4, -0.2) is 51.9 Å². The Labute approximate surface area is 232 Å². The highest BCUT2D eigenvalue weighted by molar-refractivity contribution is 6.32. The van der Waals surface area contributed by atoms with Crippen molar-refractivity contribution in [3.8, 4) is 5.75 Å². The summed E-state index contributed by atoms with van der Waals surface area (Å²) in [5, 5.41) is 4.54. The number of pyridine rings is 1. The number of nitrogens with zero attached hydrogens (tertiary/aromatic N) is 5. The van der Waals surface area contributed by atoms with Crippen LogP contribution in [0.2, 0.25) is 5.02 Å². The van der Waals surface area contributed by atoms with Gasteiger partial charge in [0.2, 0.25) is 5.91 Å². The molecule has 6 rings (SSSR count). The number of halogens is 1. The van der Waals surface area contributed by atoms with Crippen LogP contribution in [0.4, 0.5) is 17.2 Å². The van der Waals surface area contributed by atoms with Crippen LogP contribution in [0.3, 0.4) is 0 Å². The summed E-state index contributed by atoms with van der Waals surface area (Å²) < 4.78 is 5.90. The van der Waals surface area contributed by atoms with E-state index in [0.717, 1.165) is 65.2 Å². The lowest BCUT2D eigenvalue weighted by Gasteiger charge is -2.31. The summed E-state index contributed by atoms with van der Waals surface area (Å²) in [6.45, 7) is 2.08. The minimum Gasteiger partial charge on any atom is -0.486 e. The molecule has 1 fully saturated rings. The van der Waals surface area contributed by atoms with Gasteiger partial charge in [0, 0.05) is 41.6 Å². The Morgan fingerprint density at radius 1 is 1.15 bits per heavy atom. The first kappa shape index (κ1) is 25.3. The van der Waals surface area contributed by atoms with Gasteiger partial charge in [-0.2, -0.15) is 0 Å². The first-order chi connectivity index (χ1) is 19.1. The van der Waals surface area contributed by atoms with E-state index < -0.39 is 0 Å². The van der Waals surface area contributed by atoms with Gasteiger partial charge in [-0.3, -0.25) is 14.7 Å². The molecule has 1 amide bonds. The Balaban J connectivity index is 1.24. The highest BCUT2D eigenvalue weighted by Crippen LogP contribution is 2.40. The standard InChI is InChI=1S/C30H29ClN6O2/c1-36-15-4-6-21(36)8-12-28(38)35-25-9-10-26-29-23(25)13-16-37(30(29)34-19-33-26)22-7-11-27(24(31)17-22)39-18-20-5-2-3-14-32-20/h2-3,5,7-12,14,17,19,21H,4,6,13,15-16,18H2,1H3,(H,35,38)/b12-8+/t21-/m1/s1. The molecule has 4 aromatic rings. The molecule has 2 aromatic carbocycles. The van der Waals surface area contributed by atoms with Crippen molar-refractivity contribution in [2.45, 2.75) is 31.9 Å². The summed E-state index contributed by atoms with van der Waals surface area (Å²) in [4.78, 5) is 30.6. The van der Waals surface area contributed by atoms with Gasteiger partial charge in [0.1, 0.15) is 24.5 Å². The van der Waals surface area contributed by atoms with E-state index in [4.69, 9.17) is 16.3 Å². The second-order valence-corrected chi connectivity index (χ2v) is 10.3. The number of amides is 1. The first-order valence-corrected chi connectivity index (χ1v) is 13.5. The van der Waals surface area contributed by atoms with E-state index in [1.54, 1.807) is 18.6 Å². The lowest BCUT2D eigenvalue weighted by atomic mass is 9.98. The van der Waals surface area contributed by atoms with E-state index >= 15 is 0 Å². The van der Waals surface area contributed by atoms with Crippen molar-refractivity contribution in [3.05, 3.63) is 89.5 Å². The molecule has 8 nitrogen and oxygen atoms in total. The third-order valence-electron chi connectivity index (χ3n) is 7.37. The van der Waals surface area contributed by atoms with Gasteiger partial charge in [0.25, 0.3) is 0 Å². The zero-order chi connectivity index (χ0) is 26.8. The summed E-state index contributed by atoms with van der Waals surface area (Å²) in [5.74, 6) is 1.26. The molecule has 39 heavy (non-hydrogen) atoms. The van der Waals surface area contributed by atoms with Crippen LogP contribution < -0.4 is 15.0 Å². The number of likely N-dealkylation sites (N-methyl/N-ethyl adjacent to an activating group) is 1. The molecule has 4 heterocycles. The second-order valence-electron chi connectivity index (χ2n) is 9.85. The fraction of sp³-hybridized carbons (Fsp3) is 0.267. The quantitative estimate of drug-likeness (QED) is 0.308. The molecular formula is C30H29ClN6O2. The molecule has 0 bridgehead atoms. The molecule has 0 unspecified atom stereocenters. The fourth-order valence-electron chi connectivity index (χ4n) is 5.33. The molecule has 2 aromatic heterocycles. The summed E-state index contributed by atoms with van der Waals surface area (Å²) in [7, 11) is 2.09. The topological polar surface area (TPSA) is 83.5 Å². The van der Waals surface area contributed by atoms with Crippen molar-refractivity contribution in [1.29, 1.82) is 0 Å². The number of anilines is 3. The maximum atomic E-state index is 12.8. The maximum Gasteiger partial charge on any atom is 0.248 e. The molecular weight excluding hydrogens is 512 g/mol. The molecule has 0 spiro atoms. The van der Waals surface area contributed by atoms with E-state index in [-0.39, 0.29) is 5.91 Å². The molecule has 1 atom stereocenters. The molecule has 2 aliphatic rings. The smallest absolute Gasteiger partial charge is 0.248 e. The monoisotopic (exact) mass is 540 g/mol. The number of benzene rings is 2. The number of rotatable bonds is 7. The summed E-state index contributed by atoms with van der Waals surface area (Å²) in [6, 6.07) is 15.6. The van der Waals surface area contributed by atoms with Gasteiger partial charge in [0.05, 0.1) is 16.2 Å². The molecule has 0 aliphatic carbocycles. The van der Waals surface area contributed by atoms with Crippen molar-refractivity contribution in [1.82, 2.24) is 19.9 Å². The van der Waals surface area contributed by atoms with E-state index in [0.29, 0.717) is 30.0 Å². The third-order valence-corrected chi connectivity index (χ3v) is 7.66. The van der Waals surface area contributed by atoms with Gasteiger partial charge in [-0.05, 0) is 80.9 Å². The molecule has 0 saturated carbocycles. The minimum absolute atomic E-state index is 0.125. The van der Waals surface area contributed by atoms with E-state index in [1.165, 1.54) is 0 Å². The van der Waals surface area contributed by atoms with Crippen LogP contribution in [0, 0.1) is 0 Å². The number of carbonyl (C=O) groups is 1. The minimum atomic E-state index is -0.125. The van der Waals surface area contributed by atoms with Crippen molar-refractivity contribution in [2.75, 3.05) is 30.4 Å². The Morgan fingerprint density at radius 3 is 2.87 bits per heavy atom. The highest BCUT2D eigenvalue weighted by Gasteiger charge is 2.25. The largest absolute Gasteiger partial charge is 0.486 e. The highest BCUT2D eigenvalue weighted by atomic mass is 35.5. The Morgan fingerprint density at radius 2 is 2.08 bits per heavy atom. The zero-order valence-electron chi connectivity index (χ0n) is 21.7. The van der Waals surface area contributed by atoms with E-state index in [1.807, 2.05) is 54.6 Å². The Bertz CT molecular complexity index is 1540. The van der Waals surface area contributed by atoms with Crippen molar-refractivity contribution >= 4 is 45.6 Å². The van der Waals surface area contributed by atoms with Gasteiger partial charge in [-0.1, -0.05) is 23.7 Å². The van der Waals surface area contributed by atoms with Gasteiger partial charge >= 0.3 is 0 Å².